The van der Waals surface area contributed by atoms with E-state index in [0.717, 1.165) is 18.5 Å². The Labute approximate surface area is 76.9 Å². The molecule has 4 heteroatoms. The molecule has 0 radical (unpaired) electrons. The topological polar surface area (TPSA) is 47.6 Å². The Morgan fingerprint density at radius 2 is 2.15 bits per heavy atom. The number of nitrogens with one attached hydrogen (secondary N) is 1. The van der Waals surface area contributed by atoms with Crippen molar-refractivity contribution >= 4 is 5.91 Å². The van der Waals surface area contributed by atoms with Crippen LogP contribution in [0.1, 0.15) is 19.3 Å². The molecule has 13 heavy (non-hydrogen) atoms. The predicted molar refractivity (Wildman–Crippen MR) is 45.8 cm³/mol. The Morgan fingerprint density at radius 3 is 2.77 bits per heavy atom. The molecule has 0 bridgehead atoms. The van der Waals surface area contributed by atoms with E-state index in [-0.39, 0.29) is 12.2 Å². The number of carbonyl (C=O) groups is 1. The third-order valence-electron chi connectivity index (χ3n) is 2.17. The van der Waals surface area contributed by atoms with Crippen LogP contribution in [-0.2, 0) is 14.3 Å². The summed E-state index contributed by atoms with van der Waals surface area (Å²) in [5.74, 6) is 0.111. The molecule has 0 saturated carbocycles. The Balaban J connectivity index is 1.79. The van der Waals surface area contributed by atoms with Crippen molar-refractivity contribution in [2.45, 2.75) is 25.6 Å². The van der Waals surface area contributed by atoms with Gasteiger partial charge in [-0.05, 0) is 6.42 Å². The molecule has 0 spiro atoms. The standard InChI is InChI=1S/C9H13NO3/c11-8-3-1-7(10-8)2-4-9-12-5-6-13-9/h2,9H,1,3-6H2,(H,10,11)/b7-2+. The van der Waals surface area contributed by atoms with Gasteiger partial charge in [0.25, 0.3) is 0 Å². The van der Waals surface area contributed by atoms with Crippen LogP contribution in [0.3, 0.4) is 0 Å². The summed E-state index contributed by atoms with van der Waals surface area (Å²) in [5, 5.41) is 2.79. The number of ether oxygens (including phenoxy) is 2. The Morgan fingerprint density at radius 1 is 1.38 bits per heavy atom. The summed E-state index contributed by atoms with van der Waals surface area (Å²) < 4.78 is 10.5. The fraction of sp³-hybridized carbons (Fsp3) is 0.667. The summed E-state index contributed by atoms with van der Waals surface area (Å²) in [6.45, 7) is 1.36. The van der Waals surface area contributed by atoms with Gasteiger partial charge in [0.1, 0.15) is 0 Å². The summed E-state index contributed by atoms with van der Waals surface area (Å²) in [7, 11) is 0. The third-order valence-corrected chi connectivity index (χ3v) is 2.17. The molecule has 2 aliphatic rings. The molecular weight excluding hydrogens is 170 g/mol. The fourth-order valence-corrected chi connectivity index (χ4v) is 1.49. The lowest BCUT2D eigenvalue weighted by Crippen LogP contribution is -2.13. The summed E-state index contributed by atoms with van der Waals surface area (Å²) >= 11 is 0. The van der Waals surface area contributed by atoms with E-state index in [2.05, 4.69) is 5.32 Å². The summed E-state index contributed by atoms with van der Waals surface area (Å²) in [6.07, 6.45) is 4.05. The first-order valence-corrected chi connectivity index (χ1v) is 4.57. The number of rotatable bonds is 2. The second-order valence-electron chi connectivity index (χ2n) is 3.18. The number of allylic oxidation sites excluding steroid dienone is 1. The minimum Gasteiger partial charge on any atom is -0.350 e. The molecule has 1 N–H and O–H groups in total. The van der Waals surface area contributed by atoms with Crippen molar-refractivity contribution in [1.29, 1.82) is 0 Å². The molecular formula is C9H13NO3. The van der Waals surface area contributed by atoms with Crippen LogP contribution in [0.5, 0.6) is 0 Å². The van der Waals surface area contributed by atoms with Gasteiger partial charge in [-0.1, -0.05) is 6.08 Å². The first kappa shape index (κ1) is 8.72. The van der Waals surface area contributed by atoms with E-state index in [1.807, 2.05) is 6.08 Å². The number of carbonyl (C=O) groups excluding carboxylic acids is 1. The quantitative estimate of drug-likeness (QED) is 0.679. The second-order valence-corrected chi connectivity index (χ2v) is 3.18. The predicted octanol–water partition coefficient (Wildman–Crippen LogP) is 0.543. The molecule has 2 rings (SSSR count). The first-order chi connectivity index (χ1) is 6.34. The van der Waals surface area contributed by atoms with Crippen LogP contribution >= 0.6 is 0 Å². The highest BCUT2D eigenvalue weighted by Crippen LogP contribution is 2.14. The zero-order valence-corrected chi connectivity index (χ0v) is 7.41. The molecule has 0 aromatic carbocycles. The van der Waals surface area contributed by atoms with Gasteiger partial charge in [-0.3, -0.25) is 4.79 Å². The largest absolute Gasteiger partial charge is 0.350 e. The molecule has 4 nitrogen and oxygen atoms in total. The van der Waals surface area contributed by atoms with E-state index in [1.54, 1.807) is 0 Å². The van der Waals surface area contributed by atoms with Crippen molar-refractivity contribution in [2.24, 2.45) is 0 Å². The fourth-order valence-electron chi connectivity index (χ4n) is 1.49. The highest BCUT2D eigenvalue weighted by atomic mass is 16.7. The van der Waals surface area contributed by atoms with Crippen molar-refractivity contribution in [1.82, 2.24) is 5.32 Å². The average Bonchev–Trinajstić information content (AvgIpc) is 2.71. The molecule has 2 heterocycles. The lowest BCUT2D eigenvalue weighted by molar-refractivity contribution is -0.118. The smallest absolute Gasteiger partial charge is 0.224 e. The van der Waals surface area contributed by atoms with E-state index in [4.69, 9.17) is 9.47 Å². The van der Waals surface area contributed by atoms with Crippen LogP contribution < -0.4 is 5.32 Å². The van der Waals surface area contributed by atoms with Crippen LogP contribution in [0.2, 0.25) is 0 Å². The van der Waals surface area contributed by atoms with Gasteiger partial charge in [0.15, 0.2) is 6.29 Å². The normalized spacial score (nSPS) is 27.1. The molecule has 0 aromatic heterocycles. The number of hydrogen-bond donors (Lipinski definition) is 1. The summed E-state index contributed by atoms with van der Waals surface area (Å²) in [5.41, 5.74) is 1.00. The Bertz CT molecular complexity index is 231. The van der Waals surface area contributed by atoms with Crippen molar-refractivity contribution in [3.8, 4) is 0 Å². The lowest BCUT2D eigenvalue weighted by Gasteiger charge is -2.05. The van der Waals surface area contributed by atoms with Crippen LogP contribution in [-0.4, -0.2) is 25.4 Å². The van der Waals surface area contributed by atoms with Gasteiger partial charge in [-0.2, -0.15) is 0 Å². The van der Waals surface area contributed by atoms with Gasteiger partial charge >= 0.3 is 0 Å². The number of amides is 1. The minimum atomic E-state index is -0.106. The van der Waals surface area contributed by atoms with Gasteiger partial charge in [0.2, 0.25) is 5.91 Å². The molecule has 0 atom stereocenters. The summed E-state index contributed by atoms with van der Waals surface area (Å²) in [4.78, 5) is 10.8. The summed E-state index contributed by atoms with van der Waals surface area (Å²) in [6, 6.07) is 0. The molecule has 0 unspecified atom stereocenters. The Kier molecular flexibility index (Phi) is 2.61. The van der Waals surface area contributed by atoms with E-state index in [9.17, 15) is 4.79 Å². The van der Waals surface area contributed by atoms with Crippen LogP contribution in [0.15, 0.2) is 11.8 Å². The maximum Gasteiger partial charge on any atom is 0.224 e. The Hall–Kier alpha value is -0.870. The van der Waals surface area contributed by atoms with Gasteiger partial charge in [0.05, 0.1) is 13.2 Å². The zero-order valence-electron chi connectivity index (χ0n) is 7.41. The molecule has 2 saturated heterocycles. The van der Waals surface area contributed by atoms with Crippen molar-refractivity contribution < 1.29 is 14.3 Å². The van der Waals surface area contributed by atoms with Gasteiger partial charge < -0.3 is 14.8 Å². The molecule has 0 aromatic rings. The first-order valence-electron chi connectivity index (χ1n) is 4.57. The highest BCUT2D eigenvalue weighted by molar-refractivity contribution is 5.80. The van der Waals surface area contributed by atoms with Crippen molar-refractivity contribution in [3.63, 3.8) is 0 Å². The van der Waals surface area contributed by atoms with Gasteiger partial charge in [-0.25, -0.2) is 0 Å². The van der Waals surface area contributed by atoms with Crippen molar-refractivity contribution in [2.75, 3.05) is 13.2 Å². The van der Waals surface area contributed by atoms with Gasteiger partial charge in [0, 0.05) is 18.5 Å². The maximum atomic E-state index is 10.8. The SMILES string of the molecule is O=C1CC/C(=C\CC2OCCO2)N1. The van der Waals surface area contributed by atoms with Gasteiger partial charge in [-0.15, -0.1) is 0 Å². The van der Waals surface area contributed by atoms with Crippen LogP contribution in [0.4, 0.5) is 0 Å². The molecule has 0 aliphatic carbocycles. The monoisotopic (exact) mass is 183 g/mol. The zero-order chi connectivity index (χ0) is 9.10. The lowest BCUT2D eigenvalue weighted by atomic mass is 10.2. The second kappa shape index (κ2) is 3.89. The van der Waals surface area contributed by atoms with E-state index in [0.29, 0.717) is 19.6 Å². The maximum absolute atomic E-state index is 10.8. The van der Waals surface area contributed by atoms with Crippen molar-refractivity contribution in [3.05, 3.63) is 11.8 Å². The third kappa shape index (κ3) is 2.29. The van der Waals surface area contributed by atoms with E-state index < -0.39 is 0 Å². The molecule has 1 amide bonds. The molecule has 2 aliphatic heterocycles. The van der Waals surface area contributed by atoms with Crippen LogP contribution in [0, 0.1) is 0 Å². The van der Waals surface area contributed by atoms with Crippen LogP contribution in [0.25, 0.3) is 0 Å². The molecule has 72 valence electrons. The highest BCUT2D eigenvalue weighted by Gasteiger charge is 2.17. The van der Waals surface area contributed by atoms with E-state index in [1.165, 1.54) is 0 Å². The molecule has 2 fully saturated rings. The minimum absolute atomic E-state index is 0.106. The average molecular weight is 183 g/mol. The van der Waals surface area contributed by atoms with E-state index >= 15 is 0 Å². The number of hydrogen-bond acceptors (Lipinski definition) is 3.